The highest BCUT2D eigenvalue weighted by Crippen LogP contribution is 2.76. The van der Waals surface area contributed by atoms with Gasteiger partial charge in [-0.2, -0.15) is 10.6 Å². The Morgan fingerprint density at radius 3 is 2.28 bits per heavy atom. The number of piperidine rings is 1. The summed E-state index contributed by atoms with van der Waals surface area (Å²) in [5, 5.41) is 13.7. The Kier molecular flexibility index (Phi) is 9.41. The average Bonchev–Trinajstić information content (AvgIpc) is 3.35. The number of aliphatic carboxylic acids is 1. The molecule has 9 atom stereocenters. The second-order valence-electron chi connectivity index (χ2n) is 18.3. The number of nitrogens with zero attached hydrogens (tertiary/aromatic N) is 2. The molecular weight excluding hydrogens is 595 g/mol. The molecule has 264 valence electrons. The van der Waals surface area contributed by atoms with Gasteiger partial charge < -0.3 is 15.3 Å². The number of hydrogen-bond acceptors (Lipinski definition) is 6. The molecule has 0 bridgehead atoms. The molecule has 4 aliphatic carbocycles. The quantitative estimate of drug-likeness (QED) is 0.151. The lowest BCUT2D eigenvalue weighted by molar-refractivity contribution is -0.241. The fourth-order valence-corrected chi connectivity index (χ4v) is 14.9. The van der Waals surface area contributed by atoms with E-state index in [1.807, 2.05) is 0 Å². The van der Waals surface area contributed by atoms with Crippen molar-refractivity contribution in [3.63, 3.8) is 0 Å². The summed E-state index contributed by atoms with van der Waals surface area (Å²) >= 11 is 0. The zero-order valence-electron chi connectivity index (χ0n) is 30.1. The van der Waals surface area contributed by atoms with Crippen molar-refractivity contribution in [3.8, 4) is 0 Å². The summed E-state index contributed by atoms with van der Waals surface area (Å²) in [6.07, 6.45) is 12.7. The van der Waals surface area contributed by atoms with Crippen LogP contribution in [0.5, 0.6) is 0 Å². The van der Waals surface area contributed by atoms with Crippen molar-refractivity contribution in [2.24, 2.45) is 51.2 Å². The third-order valence-electron chi connectivity index (χ3n) is 16.2. The van der Waals surface area contributed by atoms with Crippen LogP contribution in [0.2, 0.25) is 0 Å². The van der Waals surface area contributed by atoms with Gasteiger partial charge in [-0.1, -0.05) is 32.9 Å². The van der Waals surface area contributed by atoms with Gasteiger partial charge >= 0.3 is 5.97 Å². The van der Waals surface area contributed by atoms with E-state index in [9.17, 15) is 19.0 Å². The first-order valence-electron chi connectivity index (χ1n) is 18.8. The van der Waals surface area contributed by atoms with Crippen LogP contribution in [0.25, 0.3) is 0 Å². The molecule has 4 N–H and O–H groups in total. The molecule has 0 spiro atoms. The normalized spacial score (nSPS) is 46.0. The number of carbonyl (C=O) groups is 1. The molecule has 0 aromatic carbocycles. The first-order chi connectivity index (χ1) is 21.5. The van der Waals surface area contributed by atoms with E-state index in [1.165, 1.54) is 56.9 Å². The fraction of sp³-hybridized carbons (Fsp3) is 0.921. The van der Waals surface area contributed by atoms with E-state index < -0.39 is 16.6 Å². The molecule has 6 fully saturated rings. The van der Waals surface area contributed by atoms with Gasteiger partial charge in [0.1, 0.15) is 0 Å². The summed E-state index contributed by atoms with van der Waals surface area (Å²) in [6.45, 7) is 25.5. The van der Waals surface area contributed by atoms with E-state index in [1.54, 1.807) is 0 Å². The second-order valence-corrected chi connectivity index (χ2v) is 20.8. The van der Waals surface area contributed by atoms with E-state index in [-0.39, 0.29) is 17.5 Å². The Bertz CT molecular complexity index is 1170. The molecule has 8 heteroatoms. The van der Waals surface area contributed by atoms with Crippen molar-refractivity contribution in [2.45, 2.75) is 111 Å². The van der Waals surface area contributed by atoms with Gasteiger partial charge in [-0.05, 0) is 156 Å². The van der Waals surface area contributed by atoms with E-state index >= 15 is 0 Å². The summed E-state index contributed by atoms with van der Waals surface area (Å²) in [7, 11) is -2.32. The summed E-state index contributed by atoms with van der Waals surface area (Å²) in [5.74, 6) is 3.68. The summed E-state index contributed by atoms with van der Waals surface area (Å²) in [6, 6.07) is 0. The van der Waals surface area contributed by atoms with Crippen molar-refractivity contribution in [1.29, 1.82) is 0 Å². The molecule has 7 nitrogen and oxygen atoms in total. The van der Waals surface area contributed by atoms with Crippen LogP contribution in [0.1, 0.15) is 106 Å². The smallest absolute Gasteiger partial charge is 0.317 e. The van der Waals surface area contributed by atoms with Gasteiger partial charge in [-0.25, -0.2) is 0 Å². The maximum atomic E-state index is 11.8. The topological polar surface area (TPSA) is 96.3 Å². The van der Waals surface area contributed by atoms with E-state index in [0.717, 1.165) is 58.0 Å². The van der Waals surface area contributed by atoms with Gasteiger partial charge in [0.15, 0.2) is 0 Å². The Morgan fingerprint density at radius 1 is 0.891 bits per heavy atom. The zero-order chi connectivity index (χ0) is 33.3. The van der Waals surface area contributed by atoms with Crippen LogP contribution in [-0.4, -0.2) is 92.8 Å². The van der Waals surface area contributed by atoms with Crippen LogP contribution >= 0.6 is 10.6 Å². The van der Waals surface area contributed by atoms with Crippen LogP contribution in [0.4, 0.5) is 0 Å². The van der Waals surface area contributed by atoms with Crippen molar-refractivity contribution < 1.29 is 19.0 Å². The molecule has 0 aromatic rings. The van der Waals surface area contributed by atoms with Gasteiger partial charge in [-0.3, -0.25) is 18.8 Å². The van der Waals surface area contributed by atoms with Crippen molar-refractivity contribution in [2.75, 3.05) is 57.3 Å². The molecule has 6 rings (SSSR count). The number of allylic oxidation sites excluding steroid dienone is 1. The van der Waals surface area contributed by atoms with E-state index in [4.69, 9.17) is 0 Å². The Hall–Kier alpha value is -0.640. The zero-order valence-corrected chi connectivity index (χ0v) is 30.9. The molecule has 0 unspecified atom stereocenters. The number of carboxylic acid groups (broad SMARTS) is 1. The highest BCUT2D eigenvalue weighted by atomic mass is 32.3. The minimum atomic E-state index is -2.32. The summed E-state index contributed by atoms with van der Waals surface area (Å²) in [5.41, 5.74) is 2.57. The Labute approximate surface area is 282 Å². The first kappa shape index (κ1) is 35.2. The first-order valence-corrected chi connectivity index (χ1v) is 20.7. The molecule has 46 heavy (non-hydrogen) atoms. The average molecular weight is 662 g/mol. The third-order valence-corrected chi connectivity index (χ3v) is 17.9. The molecule has 2 saturated heterocycles. The highest BCUT2D eigenvalue weighted by Gasteiger charge is 2.70. The lowest BCUT2D eigenvalue weighted by atomic mass is 9.33. The minimum absolute atomic E-state index is 0.0916. The third kappa shape index (κ3) is 5.65. The number of carboxylic acids is 1. The van der Waals surface area contributed by atoms with Crippen LogP contribution in [0.3, 0.4) is 0 Å². The molecule has 2 aliphatic heterocycles. The van der Waals surface area contributed by atoms with Gasteiger partial charge in [0.05, 0.1) is 18.1 Å². The van der Waals surface area contributed by atoms with Crippen molar-refractivity contribution in [3.05, 3.63) is 12.2 Å². The molecule has 6 aliphatic rings. The summed E-state index contributed by atoms with van der Waals surface area (Å²) < 4.78 is 19.9. The monoisotopic (exact) mass is 661 g/mol. The van der Waals surface area contributed by atoms with Crippen molar-refractivity contribution >= 4 is 16.6 Å². The molecule has 0 amide bonds. The molecule has 0 radical (unpaired) electrons. The number of fused-ring (bicyclic) bond motifs is 7. The van der Waals surface area contributed by atoms with Crippen LogP contribution in [0, 0.1) is 51.2 Å². The number of likely N-dealkylation sites (tertiary alicyclic amines) is 1. The number of hydrogen-bond donors (Lipinski definition) is 4. The van der Waals surface area contributed by atoms with Crippen LogP contribution in [0.15, 0.2) is 12.2 Å². The van der Waals surface area contributed by atoms with Gasteiger partial charge in [0, 0.05) is 25.2 Å². The molecule has 2 heterocycles. The molecular formula is C38H67N3O4S. The van der Waals surface area contributed by atoms with Gasteiger partial charge in [0.25, 0.3) is 0 Å². The molecule has 4 saturated carbocycles. The van der Waals surface area contributed by atoms with E-state index in [2.05, 4.69) is 63.2 Å². The lowest BCUT2D eigenvalue weighted by Crippen LogP contribution is -2.70. The largest absolute Gasteiger partial charge is 0.480 e. The second kappa shape index (κ2) is 12.3. The van der Waals surface area contributed by atoms with Crippen LogP contribution < -0.4 is 5.32 Å². The standard InChI is InChI=1S/C38H67N3O4S/c1-27(2)28-11-14-38(26-39-18-8-19-40-21-23-46(44,45)24-22-40)16-15-36(6)29(33(28)38)9-10-31-35(5)17-20-41(25-32(42)43)34(3,4)30(35)12-13-37(31,36)7/h28-31,33,39,44-45H,1,8-26H2,2-7H3,(H,42,43)/t28-,29+,30-,31+,33+,35-,36+,37+,38+/m0/s1. The summed E-state index contributed by atoms with van der Waals surface area (Å²) in [4.78, 5) is 16.5. The van der Waals surface area contributed by atoms with Crippen LogP contribution in [-0.2, 0) is 4.79 Å². The highest BCUT2D eigenvalue weighted by molar-refractivity contribution is 8.24. The number of nitrogens with one attached hydrogen (secondary N) is 1. The maximum absolute atomic E-state index is 11.8. The predicted molar refractivity (Wildman–Crippen MR) is 190 cm³/mol. The molecule has 0 aromatic heterocycles. The predicted octanol–water partition coefficient (Wildman–Crippen LogP) is 7.44. The maximum Gasteiger partial charge on any atom is 0.317 e. The minimum Gasteiger partial charge on any atom is -0.480 e. The van der Waals surface area contributed by atoms with E-state index in [0.29, 0.717) is 51.4 Å². The Balaban J connectivity index is 1.17. The number of rotatable bonds is 9. The SMILES string of the molecule is C=C(C)[C@@H]1CC[C@]2(CNCCCN3CCS(O)(O)CC3)CC[C@]3(C)[C@H](CC[C@@H]4[C@@]5(C)CCN(CC(=O)O)C(C)(C)[C@@H]5CC[C@]43C)[C@@H]12. The Morgan fingerprint density at radius 2 is 1.61 bits per heavy atom. The van der Waals surface area contributed by atoms with Gasteiger partial charge in [0.2, 0.25) is 0 Å². The lowest BCUT2D eigenvalue weighted by Gasteiger charge is -2.73. The van der Waals surface area contributed by atoms with Gasteiger partial charge in [-0.15, -0.1) is 0 Å². The van der Waals surface area contributed by atoms with Crippen molar-refractivity contribution in [1.82, 2.24) is 15.1 Å². The fourth-order valence-electron chi connectivity index (χ4n) is 13.5.